The monoisotopic (exact) mass is 499 g/mol. The fourth-order valence-electron chi connectivity index (χ4n) is 3.64. The van der Waals surface area contributed by atoms with Crippen molar-refractivity contribution >= 4 is 55.8 Å². The Labute approximate surface area is 204 Å². The van der Waals surface area contributed by atoms with Gasteiger partial charge in [0.2, 0.25) is 12.3 Å². The molecule has 11 heteroatoms. The Kier molecular flexibility index (Phi) is 6.87. The van der Waals surface area contributed by atoms with Gasteiger partial charge in [0.25, 0.3) is 0 Å². The molecular formula is C23H25N5O4S2. The van der Waals surface area contributed by atoms with Crippen molar-refractivity contribution in [2.45, 2.75) is 37.5 Å². The first-order chi connectivity index (χ1) is 16.2. The summed E-state index contributed by atoms with van der Waals surface area (Å²) in [4.78, 5) is 36.9. The molecule has 4 aromatic heterocycles. The van der Waals surface area contributed by atoms with Crippen LogP contribution in [0.5, 0.6) is 0 Å². The van der Waals surface area contributed by atoms with Crippen LogP contribution in [0.25, 0.3) is 31.9 Å². The Morgan fingerprint density at radius 1 is 1.32 bits per heavy atom. The normalized spacial score (nSPS) is 14.4. The van der Waals surface area contributed by atoms with E-state index in [0.29, 0.717) is 6.61 Å². The summed E-state index contributed by atoms with van der Waals surface area (Å²) in [6, 6.07) is 3.77. The number of aromatic nitrogens is 3. The molecule has 0 spiro atoms. The summed E-state index contributed by atoms with van der Waals surface area (Å²) in [6.45, 7) is 4.64. The molecule has 178 valence electrons. The van der Waals surface area contributed by atoms with E-state index in [4.69, 9.17) is 19.9 Å². The molecule has 0 unspecified atom stereocenters. The lowest BCUT2D eigenvalue weighted by Crippen LogP contribution is -2.32. The Hall–Kier alpha value is -3.02. The molecular weight excluding hydrogens is 474 g/mol. The summed E-state index contributed by atoms with van der Waals surface area (Å²) in [7, 11) is 3.38. The second kappa shape index (κ2) is 9.69. The summed E-state index contributed by atoms with van der Waals surface area (Å²) in [5.41, 5.74) is 8.92. The Bertz CT molecular complexity index is 1350. The lowest BCUT2D eigenvalue weighted by molar-refractivity contribution is -0.116. The fraction of sp³-hybridized carbons (Fsp3) is 0.348. The molecule has 0 saturated carbocycles. The summed E-state index contributed by atoms with van der Waals surface area (Å²) in [6.07, 6.45) is 4.68. The van der Waals surface area contributed by atoms with Crippen molar-refractivity contribution in [3.63, 3.8) is 0 Å². The van der Waals surface area contributed by atoms with Crippen LogP contribution in [0.15, 0.2) is 34.2 Å². The van der Waals surface area contributed by atoms with Gasteiger partial charge in [-0.1, -0.05) is 11.8 Å². The number of thiophene rings is 1. The van der Waals surface area contributed by atoms with Crippen LogP contribution >= 0.6 is 23.1 Å². The molecule has 0 atom stereocenters. The SMILES string of the molecule is CC1(C)Cc2c(c(-c3ccco3)nc3sc4c(SCC(N)=O)ncnc4c23)CO1.CN(C)C=O. The number of ether oxygens (including phenoxy) is 1. The summed E-state index contributed by atoms with van der Waals surface area (Å²) >= 11 is 2.86. The van der Waals surface area contributed by atoms with E-state index in [1.807, 2.05) is 12.1 Å². The van der Waals surface area contributed by atoms with Crippen LogP contribution in [0.2, 0.25) is 0 Å². The topological polar surface area (TPSA) is 124 Å². The molecule has 2 N–H and O–H groups in total. The number of hydrogen-bond donors (Lipinski definition) is 1. The third-order valence-electron chi connectivity index (χ3n) is 5.11. The van der Waals surface area contributed by atoms with Gasteiger partial charge >= 0.3 is 0 Å². The average Bonchev–Trinajstić information content (AvgIpc) is 3.45. The summed E-state index contributed by atoms with van der Waals surface area (Å²) < 4.78 is 12.7. The van der Waals surface area contributed by atoms with Gasteiger partial charge in [0.1, 0.15) is 21.9 Å². The third-order valence-corrected chi connectivity index (χ3v) is 7.33. The maximum absolute atomic E-state index is 11.2. The first-order valence-electron chi connectivity index (χ1n) is 10.5. The molecule has 1 aliphatic rings. The van der Waals surface area contributed by atoms with Crippen LogP contribution < -0.4 is 5.73 Å². The molecule has 0 radical (unpaired) electrons. The molecule has 0 aromatic carbocycles. The lowest BCUT2D eigenvalue weighted by atomic mass is 9.89. The summed E-state index contributed by atoms with van der Waals surface area (Å²) in [5, 5.41) is 1.78. The highest BCUT2D eigenvalue weighted by Crippen LogP contribution is 2.44. The van der Waals surface area contributed by atoms with E-state index in [2.05, 4.69) is 23.8 Å². The molecule has 34 heavy (non-hydrogen) atoms. The van der Waals surface area contributed by atoms with Crippen LogP contribution in [-0.2, 0) is 27.4 Å². The van der Waals surface area contributed by atoms with Gasteiger partial charge in [0.05, 0.1) is 34.4 Å². The number of amides is 2. The van der Waals surface area contributed by atoms with Gasteiger partial charge in [-0.25, -0.2) is 15.0 Å². The highest BCUT2D eigenvalue weighted by molar-refractivity contribution is 8.00. The van der Waals surface area contributed by atoms with Crippen LogP contribution in [-0.4, -0.2) is 57.6 Å². The van der Waals surface area contributed by atoms with E-state index in [-0.39, 0.29) is 17.3 Å². The molecule has 0 saturated heterocycles. The van der Waals surface area contributed by atoms with E-state index in [1.54, 1.807) is 20.4 Å². The largest absolute Gasteiger partial charge is 0.463 e. The maximum atomic E-state index is 11.2. The van der Waals surface area contributed by atoms with Gasteiger partial charge < -0.3 is 19.8 Å². The zero-order chi connectivity index (χ0) is 24.5. The minimum absolute atomic E-state index is 0.171. The predicted octanol–water partition coefficient (Wildman–Crippen LogP) is 3.63. The highest BCUT2D eigenvalue weighted by Gasteiger charge is 2.32. The number of carbonyl (C=O) groups excluding carboxylic acids is 2. The molecule has 2 amide bonds. The zero-order valence-electron chi connectivity index (χ0n) is 19.3. The Morgan fingerprint density at radius 2 is 2.09 bits per heavy atom. The summed E-state index contributed by atoms with van der Waals surface area (Å²) in [5.74, 6) is 0.514. The number of nitrogens with two attached hydrogens (primary N) is 1. The lowest BCUT2D eigenvalue weighted by Gasteiger charge is -2.32. The van der Waals surface area contributed by atoms with Gasteiger partial charge in [-0.3, -0.25) is 9.59 Å². The second-order valence-electron chi connectivity index (χ2n) is 8.58. The number of thioether (sulfide) groups is 1. The van der Waals surface area contributed by atoms with Crippen molar-refractivity contribution in [1.29, 1.82) is 0 Å². The smallest absolute Gasteiger partial charge is 0.227 e. The van der Waals surface area contributed by atoms with Gasteiger partial charge in [-0.15, -0.1) is 11.3 Å². The van der Waals surface area contributed by atoms with Crippen LogP contribution in [0.4, 0.5) is 0 Å². The van der Waals surface area contributed by atoms with Crippen molar-refractivity contribution in [3.05, 3.63) is 35.9 Å². The van der Waals surface area contributed by atoms with Crippen molar-refractivity contribution in [2.24, 2.45) is 5.73 Å². The standard InChI is InChI=1S/C20H18N4O3S2.C3H7NO/c1-20(2)6-10-11(7-27-20)15(12-4-3-5-26-12)24-18-14(10)16-17(29-18)19(23-9-22-16)28-8-13(21)25;1-4(2)3-5/h3-5,9H,6-8H2,1-2H3,(H2,21,25);3H,1-2H3. The van der Waals surface area contributed by atoms with E-state index < -0.39 is 0 Å². The first kappa shape index (κ1) is 24.1. The molecule has 1 aliphatic heterocycles. The van der Waals surface area contributed by atoms with E-state index in [0.717, 1.165) is 55.3 Å². The van der Waals surface area contributed by atoms with Gasteiger partial charge in [0.15, 0.2) is 5.76 Å². The first-order valence-corrected chi connectivity index (χ1v) is 12.3. The van der Waals surface area contributed by atoms with E-state index >= 15 is 0 Å². The third kappa shape index (κ3) is 4.91. The van der Waals surface area contributed by atoms with Crippen molar-refractivity contribution in [3.8, 4) is 11.5 Å². The fourth-order valence-corrected chi connectivity index (χ4v) is 5.62. The number of carbonyl (C=O) groups is 2. The molecule has 5 heterocycles. The van der Waals surface area contributed by atoms with E-state index in [1.165, 1.54) is 39.9 Å². The van der Waals surface area contributed by atoms with Crippen molar-refractivity contribution in [1.82, 2.24) is 19.9 Å². The average molecular weight is 500 g/mol. The van der Waals surface area contributed by atoms with Crippen LogP contribution in [0.3, 0.4) is 0 Å². The molecule has 4 aromatic rings. The minimum atomic E-state index is -0.377. The van der Waals surface area contributed by atoms with Crippen LogP contribution in [0, 0.1) is 0 Å². The second-order valence-corrected chi connectivity index (χ2v) is 10.5. The van der Waals surface area contributed by atoms with Crippen molar-refractivity contribution in [2.75, 3.05) is 19.8 Å². The molecule has 0 fully saturated rings. The highest BCUT2D eigenvalue weighted by atomic mass is 32.2. The quantitative estimate of drug-likeness (QED) is 0.251. The number of nitrogens with zero attached hydrogens (tertiary/aromatic N) is 4. The molecule has 0 aliphatic carbocycles. The maximum Gasteiger partial charge on any atom is 0.227 e. The van der Waals surface area contributed by atoms with Crippen LogP contribution in [0.1, 0.15) is 25.0 Å². The molecule has 5 rings (SSSR count). The van der Waals surface area contributed by atoms with Gasteiger partial charge in [0, 0.05) is 31.5 Å². The number of furan rings is 1. The van der Waals surface area contributed by atoms with Crippen molar-refractivity contribution < 1.29 is 18.7 Å². The number of rotatable bonds is 5. The number of fused-ring (bicyclic) bond motifs is 5. The molecule has 9 nitrogen and oxygen atoms in total. The van der Waals surface area contributed by atoms with Gasteiger partial charge in [-0.2, -0.15) is 0 Å². The molecule has 0 bridgehead atoms. The van der Waals surface area contributed by atoms with E-state index in [9.17, 15) is 9.59 Å². The Balaban J connectivity index is 0.000000499. The Morgan fingerprint density at radius 3 is 2.74 bits per heavy atom. The number of pyridine rings is 1. The predicted molar refractivity (Wildman–Crippen MR) is 133 cm³/mol. The number of primary amides is 1. The number of hydrogen-bond acceptors (Lipinski definition) is 9. The van der Waals surface area contributed by atoms with Gasteiger partial charge in [-0.05, 0) is 31.5 Å². The zero-order valence-corrected chi connectivity index (χ0v) is 21.0. The minimum Gasteiger partial charge on any atom is -0.463 e.